The fourth-order valence-corrected chi connectivity index (χ4v) is 2.50. The molecule has 112 valence electrons. The lowest BCUT2D eigenvalue weighted by Crippen LogP contribution is -2.28. The van der Waals surface area contributed by atoms with Gasteiger partial charge in [-0.2, -0.15) is 0 Å². The Morgan fingerprint density at radius 2 is 1.90 bits per heavy atom. The van der Waals surface area contributed by atoms with Crippen molar-refractivity contribution in [3.63, 3.8) is 0 Å². The summed E-state index contributed by atoms with van der Waals surface area (Å²) in [6.45, 7) is 6.26. The van der Waals surface area contributed by atoms with Crippen LogP contribution >= 0.6 is 0 Å². The monoisotopic (exact) mass is 287 g/mol. The Balaban J connectivity index is 2.08. The minimum Gasteiger partial charge on any atom is -0.373 e. The normalized spacial score (nSPS) is 22.7. The number of hydrogen-bond donors (Lipinski definition) is 1. The van der Waals surface area contributed by atoms with Gasteiger partial charge in [-0.1, -0.05) is 13.8 Å². The van der Waals surface area contributed by atoms with Gasteiger partial charge in [0.15, 0.2) is 11.6 Å². The zero-order chi connectivity index (χ0) is 14.7. The molecule has 0 aromatic heterocycles. The van der Waals surface area contributed by atoms with Crippen LogP contribution in [-0.4, -0.2) is 19.7 Å². The molecule has 5 heteroatoms. The van der Waals surface area contributed by atoms with Gasteiger partial charge in [0, 0.05) is 30.7 Å². The molecule has 1 N–H and O–H groups in total. The zero-order valence-corrected chi connectivity index (χ0v) is 11.8. The molecule has 0 bridgehead atoms. The average Bonchev–Trinajstić information content (AvgIpc) is 2.81. The van der Waals surface area contributed by atoms with Crippen LogP contribution in [0.1, 0.15) is 31.9 Å². The Kier molecular flexibility index (Phi) is 5.05. The van der Waals surface area contributed by atoms with Gasteiger partial charge in [-0.05, 0) is 24.9 Å². The van der Waals surface area contributed by atoms with Crippen molar-refractivity contribution in [2.75, 3.05) is 19.7 Å². The molecule has 1 aromatic carbocycles. The molecule has 2 atom stereocenters. The van der Waals surface area contributed by atoms with Gasteiger partial charge in [0.2, 0.25) is 0 Å². The van der Waals surface area contributed by atoms with Gasteiger partial charge >= 0.3 is 0 Å². The zero-order valence-electron chi connectivity index (χ0n) is 11.8. The van der Waals surface area contributed by atoms with E-state index in [4.69, 9.17) is 4.74 Å². The molecule has 1 aliphatic heterocycles. The number of hydrogen-bond acceptors (Lipinski definition) is 2. The molecular formula is C15H20F3NO. The van der Waals surface area contributed by atoms with Crippen molar-refractivity contribution < 1.29 is 17.9 Å². The molecule has 1 heterocycles. The highest BCUT2D eigenvalue weighted by atomic mass is 19.2. The van der Waals surface area contributed by atoms with E-state index >= 15 is 0 Å². The third kappa shape index (κ3) is 3.52. The Labute approximate surface area is 117 Å². The Bertz CT molecular complexity index is 465. The third-order valence-electron chi connectivity index (χ3n) is 3.52. The molecule has 1 saturated heterocycles. The summed E-state index contributed by atoms with van der Waals surface area (Å²) in [5.74, 6) is -2.35. The standard InChI is InChI=1S/C15H20F3NO/c1-9(2)7-19-8-10-3-4-20-15(10)11-5-13(17)14(18)6-12(11)16/h5-6,9-10,15,19H,3-4,7-8H2,1-2H3. The van der Waals surface area contributed by atoms with E-state index in [1.807, 2.05) is 0 Å². The molecule has 0 aliphatic carbocycles. The summed E-state index contributed by atoms with van der Waals surface area (Å²) in [7, 11) is 0. The van der Waals surface area contributed by atoms with E-state index in [-0.39, 0.29) is 11.5 Å². The van der Waals surface area contributed by atoms with Crippen LogP contribution in [0.2, 0.25) is 0 Å². The maximum Gasteiger partial charge on any atom is 0.161 e. The first-order chi connectivity index (χ1) is 9.49. The highest BCUT2D eigenvalue weighted by molar-refractivity contribution is 5.23. The largest absolute Gasteiger partial charge is 0.373 e. The summed E-state index contributed by atoms with van der Waals surface area (Å²) < 4.78 is 45.6. The first kappa shape index (κ1) is 15.3. The van der Waals surface area contributed by atoms with Crippen molar-refractivity contribution in [2.24, 2.45) is 11.8 Å². The minimum absolute atomic E-state index is 0.0770. The average molecular weight is 287 g/mol. The number of nitrogens with one attached hydrogen (secondary N) is 1. The van der Waals surface area contributed by atoms with Gasteiger partial charge in [-0.25, -0.2) is 13.2 Å². The van der Waals surface area contributed by atoms with Crippen LogP contribution < -0.4 is 5.32 Å². The lowest BCUT2D eigenvalue weighted by Gasteiger charge is -2.20. The van der Waals surface area contributed by atoms with Crippen molar-refractivity contribution >= 4 is 0 Å². The fourth-order valence-electron chi connectivity index (χ4n) is 2.50. The summed E-state index contributed by atoms with van der Waals surface area (Å²) in [6.07, 6.45) is 0.276. The molecule has 1 aliphatic rings. The van der Waals surface area contributed by atoms with Crippen LogP contribution in [0.3, 0.4) is 0 Å². The number of rotatable bonds is 5. The minimum atomic E-state index is -1.17. The van der Waals surface area contributed by atoms with E-state index in [9.17, 15) is 13.2 Å². The van der Waals surface area contributed by atoms with Gasteiger partial charge < -0.3 is 10.1 Å². The third-order valence-corrected chi connectivity index (χ3v) is 3.52. The summed E-state index contributed by atoms with van der Waals surface area (Å²) in [4.78, 5) is 0. The molecule has 0 saturated carbocycles. The van der Waals surface area contributed by atoms with Crippen molar-refractivity contribution in [2.45, 2.75) is 26.4 Å². The second kappa shape index (κ2) is 6.59. The van der Waals surface area contributed by atoms with Gasteiger partial charge in [-0.3, -0.25) is 0 Å². The molecule has 2 rings (SSSR count). The molecule has 0 radical (unpaired) electrons. The summed E-state index contributed by atoms with van der Waals surface area (Å²) in [5, 5.41) is 3.30. The molecular weight excluding hydrogens is 267 g/mol. The van der Waals surface area contributed by atoms with Crippen LogP contribution in [0.4, 0.5) is 13.2 Å². The van der Waals surface area contributed by atoms with E-state index in [0.717, 1.165) is 19.0 Å². The van der Waals surface area contributed by atoms with Gasteiger partial charge in [-0.15, -0.1) is 0 Å². The van der Waals surface area contributed by atoms with Crippen molar-refractivity contribution in [1.29, 1.82) is 0 Å². The van der Waals surface area contributed by atoms with E-state index in [1.54, 1.807) is 0 Å². The molecule has 0 amide bonds. The summed E-state index contributed by atoms with van der Waals surface area (Å²) in [6, 6.07) is 1.50. The second-order valence-corrected chi connectivity index (χ2v) is 5.68. The molecule has 2 unspecified atom stereocenters. The van der Waals surface area contributed by atoms with E-state index < -0.39 is 23.6 Å². The van der Waals surface area contributed by atoms with Crippen molar-refractivity contribution in [3.8, 4) is 0 Å². The lowest BCUT2D eigenvalue weighted by molar-refractivity contribution is 0.0868. The Morgan fingerprint density at radius 1 is 1.20 bits per heavy atom. The SMILES string of the molecule is CC(C)CNCC1CCOC1c1cc(F)c(F)cc1F. The highest BCUT2D eigenvalue weighted by Gasteiger charge is 2.32. The van der Waals surface area contributed by atoms with Crippen molar-refractivity contribution in [1.82, 2.24) is 5.32 Å². The quantitative estimate of drug-likeness (QED) is 0.838. The van der Waals surface area contributed by atoms with Crippen LogP contribution in [0, 0.1) is 29.3 Å². The van der Waals surface area contributed by atoms with Crippen LogP contribution in [-0.2, 0) is 4.74 Å². The molecule has 1 aromatic rings. The number of ether oxygens (including phenoxy) is 1. The first-order valence-electron chi connectivity index (χ1n) is 6.95. The fraction of sp³-hybridized carbons (Fsp3) is 0.600. The Hall–Kier alpha value is -1.07. The van der Waals surface area contributed by atoms with E-state index in [2.05, 4.69) is 19.2 Å². The maximum absolute atomic E-state index is 13.8. The molecule has 2 nitrogen and oxygen atoms in total. The van der Waals surface area contributed by atoms with Gasteiger partial charge in [0.1, 0.15) is 5.82 Å². The number of benzene rings is 1. The van der Waals surface area contributed by atoms with E-state index in [1.165, 1.54) is 0 Å². The molecule has 20 heavy (non-hydrogen) atoms. The predicted molar refractivity (Wildman–Crippen MR) is 70.8 cm³/mol. The summed E-state index contributed by atoms with van der Waals surface area (Å²) in [5.41, 5.74) is 0.109. The Morgan fingerprint density at radius 3 is 2.60 bits per heavy atom. The second-order valence-electron chi connectivity index (χ2n) is 5.68. The first-order valence-corrected chi connectivity index (χ1v) is 6.95. The van der Waals surface area contributed by atoms with Crippen LogP contribution in [0.25, 0.3) is 0 Å². The van der Waals surface area contributed by atoms with Crippen LogP contribution in [0.5, 0.6) is 0 Å². The summed E-state index contributed by atoms with van der Waals surface area (Å²) >= 11 is 0. The topological polar surface area (TPSA) is 21.3 Å². The van der Waals surface area contributed by atoms with E-state index in [0.29, 0.717) is 25.1 Å². The van der Waals surface area contributed by atoms with Crippen LogP contribution in [0.15, 0.2) is 12.1 Å². The highest BCUT2D eigenvalue weighted by Crippen LogP contribution is 2.36. The number of halogens is 3. The van der Waals surface area contributed by atoms with Gasteiger partial charge in [0.25, 0.3) is 0 Å². The predicted octanol–water partition coefficient (Wildman–Crippen LogP) is 3.43. The maximum atomic E-state index is 13.8. The smallest absolute Gasteiger partial charge is 0.161 e. The van der Waals surface area contributed by atoms with Gasteiger partial charge in [0.05, 0.1) is 6.10 Å². The lowest BCUT2D eigenvalue weighted by atomic mass is 9.94. The van der Waals surface area contributed by atoms with Crippen molar-refractivity contribution in [3.05, 3.63) is 35.1 Å². The molecule has 0 spiro atoms. The molecule has 1 fully saturated rings.